The maximum absolute atomic E-state index is 10.9. The molecule has 0 N–H and O–H groups in total. The van der Waals surface area contributed by atoms with Gasteiger partial charge in [-0.25, -0.2) is 0 Å². The van der Waals surface area contributed by atoms with Crippen LogP contribution >= 0.6 is 11.6 Å². The number of hydrogen-bond acceptors (Lipinski definition) is 5. The van der Waals surface area contributed by atoms with Crippen molar-refractivity contribution >= 4 is 17.3 Å². The molecule has 2 saturated heterocycles. The molecule has 27 heavy (non-hydrogen) atoms. The average Bonchev–Trinajstić information content (AvgIpc) is 2.65. The molecule has 150 valence electrons. The van der Waals surface area contributed by atoms with Crippen molar-refractivity contribution in [3.8, 4) is 5.75 Å². The largest absolute Gasteiger partial charge is 0.472 e. The molecule has 0 bridgehead atoms. The quantitative estimate of drug-likeness (QED) is 0.527. The van der Waals surface area contributed by atoms with Crippen molar-refractivity contribution in [2.75, 3.05) is 32.7 Å². The van der Waals surface area contributed by atoms with E-state index in [0.29, 0.717) is 10.8 Å². The molecule has 1 atom stereocenters. The second-order valence-electron chi connectivity index (χ2n) is 8.15. The van der Waals surface area contributed by atoms with Crippen LogP contribution in [0, 0.1) is 22.0 Å². The van der Waals surface area contributed by atoms with Crippen LogP contribution in [0.2, 0.25) is 5.02 Å². The highest BCUT2D eigenvalue weighted by atomic mass is 35.5. The summed E-state index contributed by atoms with van der Waals surface area (Å²) in [7, 11) is 0. The lowest BCUT2D eigenvalue weighted by Crippen LogP contribution is -2.51. The lowest BCUT2D eigenvalue weighted by atomic mass is 9.98. The number of piperidine rings is 2. The van der Waals surface area contributed by atoms with Crippen LogP contribution in [-0.2, 0) is 0 Å². The van der Waals surface area contributed by atoms with E-state index in [2.05, 4.69) is 23.6 Å². The molecule has 3 rings (SSSR count). The SMILES string of the molecule is CC1CCN(CC(Oc2ccc([N+](=O)[O-])cc2Cl)N2CCC(C)CC2)CC1. The summed E-state index contributed by atoms with van der Waals surface area (Å²) in [5.41, 5.74) is -0.0132. The number of nitro benzene ring substituents is 1. The number of rotatable bonds is 6. The van der Waals surface area contributed by atoms with E-state index in [-0.39, 0.29) is 11.9 Å². The summed E-state index contributed by atoms with van der Waals surface area (Å²) in [5.74, 6) is 2.07. The molecule has 2 aliphatic rings. The second kappa shape index (κ2) is 9.22. The molecule has 0 saturated carbocycles. The first-order chi connectivity index (χ1) is 12.9. The first-order valence-electron chi connectivity index (χ1n) is 9.99. The van der Waals surface area contributed by atoms with Crippen LogP contribution in [0.1, 0.15) is 39.5 Å². The van der Waals surface area contributed by atoms with Crippen molar-refractivity contribution in [3.05, 3.63) is 33.3 Å². The van der Waals surface area contributed by atoms with E-state index in [1.54, 1.807) is 6.07 Å². The van der Waals surface area contributed by atoms with Crippen molar-refractivity contribution in [2.24, 2.45) is 11.8 Å². The lowest BCUT2D eigenvalue weighted by molar-refractivity contribution is -0.384. The predicted molar refractivity (Wildman–Crippen MR) is 107 cm³/mol. The van der Waals surface area contributed by atoms with E-state index in [4.69, 9.17) is 16.3 Å². The summed E-state index contributed by atoms with van der Waals surface area (Å²) in [6.45, 7) is 9.68. The molecule has 2 heterocycles. The Morgan fingerprint density at radius 3 is 2.30 bits per heavy atom. The fourth-order valence-electron chi connectivity index (χ4n) is 3.85. The summed E-state index contributed by atoms with van der Waals surface area (Å²) in [5, 5.41) is 11.2. The Bertz CT molecular complexity index is 641. The van der Waals surface area contributed by atoms with Gasteiger partial charge in [0.2, 0.25) is 0 Å². The zero-order valence-corrected chi connectivity index (χ0v) is 17.0. The molecule has 1 aromatic carbocycles. The molecule has 1 aromatic rings. The second-order valence-corrected chi connectivity index (χ2v) is 8.55. The summed E-state index contributed by atoms with van der Waals surface area (Å²) in [6, 6.07) is 4.45. The molecule has 2 fully saturated rings. The molecule has 0 radical (unpaired) electrons. The van der Waals surface area contributed by atoms with Gasteiger partial charge in [-0.3, -0.25) is 19.9 Å². The summed E-state index contributed by atoms with van der Waals surface area (Å²) in [6.07, 6.45) is 4.71. The molecule has 7 heteroatoms. The van der Waals surface area contributed by atoms with Crippen molar-refractivity contribution in [2.45, 2.75) is 45.8 Å². The van der Waals surface area contributed by atoms with Gasteiger partial charge in [0.25, 0.3) is 5.69 Å². The van der Waals surface area contributed by atoms with E-state index < -0.39 is 4.92 Å². The van der Waals surface area contributed by atoms with E-state index in [9.17, 15) is 10.1 Å². The van der Waals surface area contributed by atoms with Crippen molar-refractivity contribution in [1.29, 1.82) is 0 Å². The van der Waals surface area contributed by atoms with Gasteiger partial charge in [-0.1, -0.05) is 25.4 Å². The van der Waals surface area contributed by atoms with Crippen LogP contribution in [0.3, 0.4) is 0 Å². The highest BCUT2D eigenvalue weighted by Crippen LogP contribution is 2.31. The number of ether oxygens (including phenoxy) is 1. The van der Waals surface area contributed by atoms with Gasteiger partial charge in [-0.15, -0.1) is 0 Å². The van der Waals surface area contributed by atoms with Crippen LogP contribution in [0.5, 0.6) is 5.75 Å². The molecular weight excluding hydrogens is 366 g/mol. The third kappa shape index (κ3) is 5.56. The van der Waals surface area contributed by atoms with Crippen molar-refractivity contribution in [1.82, 2.24) is 9.80 Å². The first kappa shape index (κ1) is 20.4. The van der Waals surface area contributed by atoms with Gasteiger partial charge in [0, 0.05) is 31.8 Å². The molecule has 0 aromatic heterocycles. The monoisotopic (exact) mass is 395 g/mol. The third-order valence-electron chi connectivity index (χ3n) is 5.91. The number of halogens is 1. The fraction of sp³-hybridized carbons (Fsp3) is 0.700. The average molecular weight is 396 g/mol. The zero-order valence-electron chi connectivity index (χ0n) is 16.3. The third-order valence-corrected chi connectivity index (χ3v) is 6.20. The minimum Gasteiger partial charge on any atom is -0.472 e. The minimum absolute atomic E-state index is 0.0132. The van der Waals surface area contributed by atoms with Crippen LogP contribution in [0.25, 0.3) is 0 Å². The predicted octanol–water partition coefficient (Wildman–Crippen LogP) is 4.42. The molecule has 0 amide bonds. The van der Waals surface area contributed by atoms with E-state index in [0.717, 1.165) is 44.6 Å². The maximum atomic E-state index is 10.9. The Kier molecular flexibility index (Phi) is 6.95. The van der Waals surface area contributed by atoms with Crippen molar-refractivity contribution < 1.29 is 9.66 Å². The number of hydrogen-bond donors (Lipinski definition) is 0. The minimum atomic E-state index is -0.436. The van der Waals surface area contributed by atoms with Gasteiger partial charge in [-0.2, -0.15) is 0 Å². The highest BCUT2D eigenvalue weighted by molar-refractivity contribution is 6.32. The number of nitrogens with zero attached hydrogens (tertiary/aromatic N) is 3. The Hall–Kier alpha value is -1.37. The standard InChI is InChI=1S/C20H30ClN3O3/c1-15-5-9-22(10-6-15)14-20(23-11-7-16(2)8-12-23)27-19-4-3-17(24(25)26)13-18(19)21/h3-4,13,15-16,20H,5-12,14H2,1-2H3. The highest BCUT2D eigenvalue weighted by Gasteiger charge is 2.28. The summed E-state index contributed by atoms with van der Waals surface area (Å²) < 4.78 is 6.31. The lowest BCUT2D eigenvalue weighted by Gasteiger charge is -2.40. The molecule has 1 unspecified atom stereocenters. The molecule has 6 nitrogen and oxygen atoms in total. The summed E-state index contributed by atoms with van der Waals surface area (Å²) >= 11 is 6.28. The Labute approximate surface area is 166 Å². The van der Waals surface area contributed by atoms with Gasteiger partial charge in [0.1, 0.15) is 5.75 Å². The number of benzene rings is 1. The fourth-order valence-corrected chi connectivity index (χ4v) is 4.07. The summed E-state index contributed by atoms with van der Waals surface area (Å²) in [4.78, 5) is 15.4. The number of non-ortho nitro benzene ring substituents is 1. The van der Waals surface area contributed by atoms with Gasteiger partial charge in [0.15, 0.2) is 6.23 Å². The molecule has 0 spiro atoms. The Morgan fingerprint density at radius 2 is 1.74 bits per heavy atom. The number of nitro groups is 1. The smallest absolute Gasteiger partial charge is 0.271 e. The van der Waals surface area contributed by atoms with Crippen LogP contribution in [0.4, 0.5) is 5.69 Å². The molecular formula is C20H30ClN3O3. The van der Waals surface area contributed by atoms with E-state index in [1.165, 1.54) is 37.8 Å². The van der Waals surface area contributed by atoms with E-state index in [1.807, 2.05) is 0 Å². The number of likely N-dealkylation sites (tertiary alicyclic amines) is 2. The molecule has 0 aliphatic carbocycles. The van der Waals surface area contributed by atoms with Crippen LogP contribution in [-0.4, -0.2) is 53.7 Å². The maximum Gasteiger partial charge on any atom is 0.271 e. The van der Waals surface area contributed by atoms with Crippen molar-refractivity contribution in [3.63, 3.8) is 0 Å². The Morgan fingerprint density at radius 1 is 1.15 bits per heavy atom. The Balaban J connectivity index is 1.72. The van der Waals surface area contributed by atoms with Gasteiger partial charge in [-0.05, 0) is 56.7 Å². The molecule has 2 aliphatic heterocycles. The van der Waals surface area contributed by atoms with Gasteiger partial charge >= 0.3 is 0 Å². The van der Waals surface area contributed by atoms with Crippen LogP contribution in [0.15, 0.2) is 18.2 Å². The first-order valence-corrected chi connectivity index (χ1v) is 10.4. The van der Waals surface area contributed by atoms with E-state index >= 15 is 0 Å². The van der Waals surface area contributed by atoms with Gasteiger partial charge in [0.05, 0.1) is 9.95 Å². The topological polar surface area (TPSA) is 58.9 Å². The normalized spacial score (nSPS) is 21.9. The zero-order chi connectivity index (χ0) is 19.4. The van der Waals surface area contributed by atoms with Crippen LogP contribution < -0.4 is 4.74 Å². The van der Waals surface area contributed by atoms with Gasteiger partial charge < -0.3 is 4.74 Å².